The number of nitrogens with zero attached hydrogens (tertiary/aromatic N) is 1. The van der Waals surface area contributed by atoms with Gasteiger partial charge in [-0.2, -0.15) is 0 Å². The van der Waals surface area contributed by atoms with Crippen LogP contribution in [0.1, 0.15) is 28.3 Å². The van der Waals surface area contributed by atoms with E-state index >= 15 is 0 Å². The van der Waals surface area contributed by atoms with Gasteiger partial charge in [0, 0.05) is 16.6 Å². The Labute approximate surface area is 187 Å². The van der Waals surface area contributed by atoms with Gasteiger partial charge in [0.2, 0.25) is 0 Å². The molecule has 3 aromatic rings. The quantitative estimate of drug-likeness (QED) is 0.304. The minimum absolute atomic E-state index is 0.0417. The van der Waals surface area contributed by atoms with E-state index in [4.69, 9.17) is 0 Å². The van der Waals surface area contributed by atoms with Gasteiger partial charge in [-0.1, -0.05) is 70.0 Å². The molecule has 3 aromatic carbocycles. The molecule has 156 valence electrons. The molecule has 6 heteroatoms. The third-order valence-electron chi connectivity index (χ3n) is 5.28. The number of halogens is 2. The molecule has 1 heterocycles. The van der Waals surface area contributed by atoms with Crippen molar-refractivity contribution in [2.75, 3.05) is 0 Å². The van der Waals surface area contributed by atoms with E-state index < -0.39 is 17.7 Å². The lowest BCUT2D eigenvalue weighted by Gasteiger charge is -2.25. The fourth-order valence-electron chi connectivity index (χ4n) is 3.78. The van der Waals surface area contributed by atoms with E-state index in [-0.39, 0.29) is 23.7 Å². The lowest BCUT2D eigenvalue weighted by atomic mass is 9.94. The van der Waals surface area contributed by atoms with Gasteiger partial charge in [-0.15, -0.1) is 0 Å². The van der Waals surface area contributed by atoms with E-state index in [0.29, 0.717) is 11.1 Å². The number of aliphatic hydroxyl groups is 1. The predicted octanol–water partition coefficient (Wildman–Crippen LogP) is 5.52. The summed E-state index contributed by atoms with van der Waals surface area (Å²) in [6.45, 7) is 2.03. The fraction of sp³-hybridized carbons (Fsp3) is 0.120. The van der Waals surface area contributed by atoms with E-state index in [2.05, 4.69) is 15.9 Å². The molecule has 4 nitrogen and oxygen atoms in total. The van der Waals surface area contributed by atoms with Crippen molar-refractivity contribution in [3.05, 3.63) is 111 Å². The number of hydrogen-bond donors (Lipinski definition) is 1. The number of rotatable bonds is 4. The highest BCUT2D eigenvalue weighted by Gasteiger charge is 2.46. The highest BCUT2D eigenvalue weighted by atomic mass is 79.9. The summed E-state index contributed by atoms with van der Waals surface area (Å²) in [6, 6.07) is 19.4. The van der Waals surface area contributed by atoms with Gasteiger partial charge in [0.05, 0.1) is 11.6 Å². The van der Waals surface area contributed by atoms with E-state index in [1.807, 2.05) is 31.2 Å². The zero-order valence-electron chi connectivity index (χ0n) is 16.7. The molecule has 1 atom stereocenters. The Morgan fingerprint density at radius 2 is 1.71 bits per heavy atom. The van der Waals surface area contributed by atoms with Gasteiger partial charge in [0.15, 0.2) is 0 Å². The Balaban J connectivity index is 1.85. The summed E-state index contributed by atoms with van der Waals surface area (Å²) in [7, 11) is 0. The van der Waals surface area contributed by atoms with Gasteiger partial charge in [-0.25, -0.2) is 4.39 Å². The van der Waals surface area contributed by atoms with E-state index in [1.165, 1.54) is 17.0 Å². The van der Waals surface area contributed by atoms with Crippen molar-refractivity contribution in [1.82, 2.24) is 4.90 Å². The highest BCUT2D eigenvalue weighted by Crippen LogP contribution is 2.40. The Hall–Kier alpha value is -3.25. The molecule has 4 rings (SSSR count). The second-order valence-electron chi connectivity index (χ2n) is 7.47. The van der Waals surface area contributed by atoms with Crippen molar-refractivity contribution in [3.63, 3.8) is 0 Å². The van der Waals surface area contributed by atoms with Crippen LogP contribution in [-0.2, 0) is 16.1 Å². The first kappa shape index (κ1) is 21.0. The molecule has 1 N–H and O–H groups in total. The summed E-state index contributed by atoms with van der Waals surface area (Å²) in [5.41, 5.74) is 2.86. The average molecular weight is 480 g/mol. The first-order valence-corrected chi connectivity index (χ1v) is 10.5. The number of benzene rings is 3. The van der Waals surface area contributed by atoms with Crippen LogP contribution in [0, 0.1) is 12.7 Å². The van der Waals surface area contributed by atoms with Crippen LogP contribution in [0.3, 0.4) is 0 Å². The zero-order valence-corrected chi connectivity index (χ0v) is 18.3. The van der Waals surface area contributed by atoms with Crippen LogP contribution in [-0.4, -0.2) is 21.7 Å². The summed E-state index contributed by atoms with van der Waals surface area (Å²) >= 11 is 3.35. The van der Waals surface area contributed by atoms with Crippen molar-refractivity contribution < 1.29 is 19.1 Å². The van der Waals surface area contributed by atoms with Crippen molar-refractivity contribution >= 4 is 33.4 Å². The number of Topliss-reactive ketones (excluding diaryl/α,β-unsaturated/α-hetero) is 1. The molecule has 0 radical (unpaired) electrons. The van der Waals surface area contributed by atoms with Gasteiger partial charge in [-0.3, -0.25) is 9.59 Å². The third kappa shape index (κ3) is 4.16. The maximum Gasteiger partial charge on any atom is 0.295 e. The summed E-state index contributed by atoms with van der Waals surface area (Å²) in [5, 5.41) is 11.0. The van der Waals surface area contributed by atoms with Gasteiger partial charge in [0.1, 0.15) is 11.6 Å². The van der Waals surface area contributed by atoms with Crippen LogP contribution in [0.2, 0.25) is 0 Å². The van der Waals surface area contributed by atoms with Gasteiger partial charge >= 0.3 is 0 Å². The molecule has 1 aliphatic heterocycles. The Bertz CT molecular complexity index is 1190. The number of hydrogen-bond acceptors (Lipinski definition) is 3. The lowest BCUT2D eigenvalue weighted by Crippen LogP contribution is -2.29. The molecule has 0 aliphatic carbocycles. The first-order chi connectivity index (χ1) is 14.8. The van der Waals surface area contributed by atoms with Crippen LogP contribution in [0.25, 0.3) is 5.76 Å². The number of likely N-dealkylation sites (tertiary alicyclic amines) is 1. The standard InChI is InChI=1S/C25H19BrFNO3/c1-15-3-2-4-18(13-15)22-21(23(29)17-7-9-19(26)10-8-17)24(30)25(31)28(22)14-16-5-11-20(27)12-6-16/h2-13,22,29H,14H2,1H3/b23-21-. The first-order valence-electron chi connectivity index (χ1n) is 9.70. The Kier molecular flexibility index (Phi) is 5.74. The molecular weight excluding hydrogens is 461 g/mol. The minimum atomic E-state index is -0.756. The van der Waals surface area contributed by atoms with Crippen LogP contribution in [0.5, 0.6) is 0 Å². The van der Waals surface area contributed by atoms with Crippen molar-refractivity contribution in [1.29, 1.82) is 0 Å². The maximum absolute atomic E-state index is 13.3. The topological polar surface area (TPSA) is 57.6 Å². The smallest absolute Gasteiger partial charge is 0.295 e. The summed E-state index contributed by atoms with van der Waals surface area (Å²) in [6.07, 6.45) is 0. The van der Waals surface area contributed by atoms with Crippen LogP contribution >= 0.6 is 15.9 Å². The van der Waals surface area contributed by atoms with Crippen molar-refractivity contribution in [2.45, 2.75) is 19.5 Å². The molecule has 31 heavy (non-hydrogen) atoms. The normalized spacial score (nSPS) is 17.9. The molecule has 1 unspecified atom stereocenters. The van der Waals surface area contributed by atoms with Crippen molar-refractivity contribution in [3.8, 4) is 0 Å². The molecular formula is C25H19BrFNO3. The molecule has 0 bridgehead atoms. The summed E-state index contributed by atoms with van der Waals surface area (Å²) in [4.78, 5) is 27.5. The number of amides is 1. The van der Waals surface area contributed by atoms with E-state index in [0.717, 1.165) is 15.6 Å². The average Bonchev–Trinajstić information content (AvgIpc) is 3.00. The summed E-state index contributed by atoms with van der Waals surface area (Å²) in [5.74, 6) is -2.04. The Morgan fingerprint density at radius 3 is 2.35 bits per heavy atom. The minimum Gasteiger partial charge on any atom is -0.507 e. The largest absolute Gasteiger partial charge is 0.507 e. The predicted molar refractivity (Wildman–Crippen MR) is 120 cm³/mol. The van der Waals surface area contributed by atoms with Gasteiger partial charge in [0.25, 0.3) is 11.7 Å². The molecule has 0 spiro atoms. The lowest BCUT2D eigenvalue weighted by molar-refractivity contribution is -0.140. The van der Waals surface area contributed by atoms with Crippen LogP contribution in [0.4, 0.5) is 4.39 Å². The second kappa shape index (κ2) is 8.47. The molecule has 1 fully saturated rings. The number of ketones is 1. The SMILES string of the molecule is Cc1cccc(C2/C(=C(/O)c3ccc(Br)cc3)C(=O)C(=O)N2Cc2ccc(F)cc2)c1. The molecule has 0 aromatic heterocycles. The number of carbonyl (C=O) groups excluding carboxylic acids is 2. The molecule has 1 amide bonds. The van der Waals surface area contributed by atoms with Crippen LogP contribution < -0.4 is 0 Å². The Morgan fingerprint density at radius 1 is 1.03 bits per heavy atom. The molecule has 1 saturated heterocycles. The number of aliphatic hydroxyl groups excluding tert-OH is 1. The third-order valence-corrected chi connectivity index (χ3v) is 5.81. The molecule has 1 aliphatic rings. The highest BCUT2D eigenvalue weighted by molar-refractivity contribution is 9.10. The fourth-order valence-corrected chi connectivity index (χ4v) is 4.04. The molecule has 0 saturated carbocycles. The van der Waals surface area contributed by atoms with Gasteiger partial charge in [-0.05, 0) is 42.3 Å². The zero-order chi connectivity index (χ0) is 22.1. The number of carbonyl (C=O) groups is 2. The van der Waals surface area contributed by atoms with E-state index in [9.17, 15) is 19.1 Å². The second-order valence-corrected chi connectivity index (χ2v) is 8.39. The number of aryl methyl sites for hydroxylation is 1. The van der Waals surface area contributed by atoms with Crippen LogP contribution in [0.15, 0.2) is 82.8 Å². The summed E-state index contributed by atoms with van der Waals surface area (Å²) < 4.78 is 14.2. The maximum atomic E-state index is 13.3. The van der Waals surface area contributed by atoms with Gasteiger partial charge < -0.3 is 10.0 Å². The monoisotopic (exact) mass is 479 g/mol. The van der Waals surface area contributed by atoms with Crippen molar-refractivity contribution in [2.24, 2.45) is 0 Å². The van der Waals surface area contributed by atoms with E-state index in [1.54, 1.807) is 36.4 Å².